The molecular weight excluding hydrogens is 332 g/mol. The molecule has 0 aromatic heterocycles. The van der Waals surface area contributed by atoms with E-state index in [1.165, 1.54) is 61.6 Å². The van der Waals surface area contributed by atoms with Gasteiger partial charge in [-0.25, -0.2) is 0 Å². The van der Waals surface area contributed by atoms with Crippen molar-refractivity contribution < 1.29 is 9.47 Å². The molecule has 2 nitrogen and oxygen atoms in total. The highest BCUT2D eigenvalue weighted by molar-refractivity contribution is 5.64. The summed E-state index contributed by atoms with van der Waals surface area (Å²) < 4.78 is 11.5. The topological polar surface area (TPSA) is 18.5 Å². The molecule has 0 N–H and O–H groups in total. The van der Waals surface area contributed by atoms with Gasteiger partial charge in [0.05, 0.1) is 12.7 Å². The molecule has 0 fully saturated rings. The molecule has 2 aromatic carbocycles. The van der Waals surface area contributed by atoms with Gasteiger partial charge < -0.3 is 9.47 Å². The van der Waals surface area contributed by atoms with Crippen LogP contribution in [-0.2, 0) is 4.74 Å². The van der Waals surface area contributed by atoms with Crippen LogP contribution in [0.5, 0.6) is 5.75 Å². The lowest BCUT2D eigenvalue weighted by Crippen LogP contribution is -2.01. The van der Waals surface area contributed by atoms with Crippen molar-refractivity contribution in [2.24, 2.45) is 0 Å². The van der Waals surface area contributed by atoms with Crippen LogP contribution in [0.1, 0.15) is 77.4 Å². The van der Waals surface area contributed by atoms with Crippen molar-refractivity contribution in [1.29, 1.82) is 0 Å². The second-order valence-electron chi connectivity index (χ2n) is 7.21. The van der Waals surface area contributed by atoms with Gasteiger partial charge in [-0.15, -0.1) is 0 Å². The summed E-state index contributed by atoms with van der Waals surface area (Å²) in [4.78, 5) is 0. The summed E-state index contributed by atoms with van der Waals surface area (Å²) >= 11 is 0. The van der Waals surface area contributed by atoms with Crippen LogP contribution < -0.4 is 4.74 Å². The molecule has 1 unspecified atom stereocenters. The fourth-order valence-electron chi connectivity index (χ4n) is 3.27. The third-order valence-electron chi connectivity index (χ3n) is 4.99. The average molecular weight is 369 g/mol. The van der Waals surface area contributed by atoms with E-state index in [2.05, 4.69) is 50.2 Å². The summed E-state index contributed by atoms with van der Waals surface area (Å²) in [6.07, 6.45) is 9.39. The number of ether oxygens (including phenoxy) is 2. The van der Waals surface area contributed by atoms with Crippen molar-refractivity contribution in [3.8, 4) is 16.9 Å². The van der Waals surface area contributed by atoms with Crippen LogP contribution >= 0.6 is 0 Å². The molecular formula is C25H36O2. The van der Waals surface area contributed by atoms with Crippen LogP contribution in [0.15, 0.2) is 48.5 Å². The van der Waals surface area contributed by atoms with Crippen LogP contribution in [0.4, 0.5) is 0 Å². The first-order valence-electron chi connectivity index (χ1n) is 10.7. The second kappa shape index (κ2) is 12.6. The molecule has 1 atom stereocenters. The fourth-order valence-corrected chi connectivity index (χ4v) is 3.27. The van der Waals surface area contributed by atoms with E-state index in [-0.39, 0.29) is 6.10 Å². The summed E-state index contributed by atoms with van der Waals surface area (Å²) in [6, 6.07) is 17.0. The maximum absolute atomic E-state index is 6.03. The quantitative estimate of drug-likeness (QED) is 0.339. The molecule has 0 radical (unpaired) electrons. The van der Waals surface area contributed by atoms with Gasteiger partial charge in [0.15, 0.2) is 0 Å². The van der Waals surface area contributed by atoms with Crippen LogP contribution in [-0.4, -0.2) is 13.2 Å². The van der Waals surface area contributed by atoms with Crippen molar-refractivity contribution in [3.05, 3.63) is 54.1 Å². The Hall–Kier alpha value is -1.80. The number of benzene rings is 2. The highest BCUT2D eigenvalue weighted by Gasteiger charge is 2.06. The summed E-state index contributed by atoms with van der Waals surface area (Å²) in [5, 5.41) is 0. The standard InChI is InChI=1S/C25H36O2/c1-4-6-7-8-9-10-11-20-27-21(3)22-12-14-23(15-13-22)24-16-18-25(19-17-24)26-5-2/h12-19,21H,4-11,20H2,1-3H3. The van der Waals surface area contributed by atoms with E-state index in [4.69, 9.17) is 9.47 Å². The van der Waals surface area contributed by atoms with Gasteiger partial charge in [-0.1, -0.05) is 81.8 Å². The van der Waals surface area contributed by atoms with E-state index in [1.807, 2.05) is 19.1 Å². The molecule has 148 valence electrons. The van der Waals surface area contributed by atoms with Crippen molar-refractivity contribution in [2.75, 3.05) is 13.2 Å². The first kappa shape index (κ1) is 21.5. The SMILES string of the molecule is CCCCCCCCCOC(C)c1ccc(-c2ccc(OCC)cc2)cc1. The molecule has 0 aliphatic rings. The lowest BCUT2D eigenvalue weighted by atomic mass is 10.0. The van der Waals surface area contributed by atoms with Crippen LogP contribution in [0.25, 0.3) is 11.1 Å². The Kier molecular flexibility index (Phi) is 10.0. The van der Waals surface area contributed by atoms with E-state index in [0.29, 0.717) is 6.61 Å². The van der Waals surface area contributed by atoms with Gasteiger partial charge in [0.2, 0.25) is 0 Å². The lowest BCUT2D eigenvalue weighted by Gasteiger charge is -2.14. The zero-order valence-electron chi connectivity index (χ0n) is 17.4. The summed E-state index contributed by atoms with van der Waals surface area (Å²) in [5.74, 6) is 0.922. The van der Waals surface area contributed by atoms with Crippen molar-refractivity contribution in [3.63, 3.8) is 0 Å². The van der Waals surface area contributed by atoms with E-state index >= 15 is 0 Å². The molecule has 0 amide bonds. The molecule has 0 saturated carbocycles. The summed E-state index contributed by atoms with van der Waals surface area (Å²) in [6.45, 7) is 7.97. The van der Waals surface area contributed by atoms with Crippen LogP contribution in [0, 0.1) is 0 Å². The van der Waals surface area contributed by atoms with E-state index in [0.717, 1.165) is 12.4 Å². The van der Waals surface area contributed by atoms with E-state index < -0.39 is 0 Å². The molecule has 0 aliphatic heterocycles. The van der Waals surface area contributed by atoms with Crippen molar-refractivity contribution in [1.82, 2.24) is 0 Å². The highest BCUT2D eigenvalue weighted by Crippen LogP contribution is 2.25. The van der Waals surface area contributed by atoms with Gasteiger partial charge in [-0.05, 0) is 49.1 Å². The first-order valence-corrected chi connectivity index (χ1v) is 10.7. The Morgan fingerprint density at radius 3 is 1.85 bits per heavy atom. The lowest BCUT2D eigenvalue weighted by molar-refractivity contribution is 0.0627. The van der Waals surface area contributed by atoms with Gasteiger partial charge in [0.1, 0.15) is 5.75 Å². The zero-order valence-corrected chi connectivity index (χ0v) is 17.4. The Morgan fingerprint density at radius 2 is 1.26 bits per heavy atom. The van der Waals surface area contributed by atoms with Gasteiger partial charge >= 0.3 is 0 Å². The fraction of sp³-hybridized carbons (Fsp3) is 0.520. The van der Waals surface area contributed by atoms with Crippen molar-refractivity contribution >= 4 is 0 Å². The minimum Gasteiger partial charge on any atom is -0.494 e. The Morgan fingerprint density at radius 1 is 0.704 bits per heavy atom. The normalized spacial score (nSPS) is 12.1. The van der Waals surface area contributed by atoms with Gasteiger partial charge in [0, 0.05) is 6.61 Å². The minimum atomic E-state index is 0.152. The number of hydrogen-bond donors (Lipinski definition) is 0. The third-order valence-corrected chi connectivity index (χ3v) is 4.99. The Labute approximate surface area is 165 Å². The maximum atomic E-state index is 6.03. The molecule has 0 aliphatic carbocycles. The molecule has 0 spiro atoms. The van der Waals surface area contributed by atoms with Crippen molar-refractivity contribution in [2.45, 2.75) is 71.8 Å². The van der Waals surface area contributed by atoms with Crippen LogP contribution in [0.3, 0.4) is 0 Å². The van der Waals surface area contributed by atoms with Gasteiger partial charge in [-0.2, -0.15) is 0 Å². The molecule has 2 aromatic rings. The number of unbranched alkanes of at least 4 members (excludes halogenated alkanes) is 6. The summed E-state index contributed by atoms with van der Waals surface area (Å²) in [7, 11) is 0. The second-order valence-corrected chi connectivity index (χ2v) is 7.21. The Balaban J connectivity index is 1.73. The molecule has 0 saturated heterocycles. The third kappa shape index (κ3) is 7.76. The zero-order chi connectivity index (χ0) is 19.3. The Bertz CT molecular complexity index is 616. The molecule has 2 rings (SSSR count). The molecule has 2 heteroatoms. The van der Waals surface area contributed by atoms with E-state index in [9.17, 15) is 0 Å². The smallest absolute Gasteiger partial charge is 0.119 e. The first-order chi connectivity index (χ1) is 13.2. The number of rotatable bonds is 13. The molecule has 0 heterocycles. The highest BCUT2D eigenvalue weighted by atomic mass is 16.5. The number of hydrogen-bond acceptors (Lipinski definition) is 2. The van der Waals surface area contributed by atoms with Crippen LogP contribution in [0.2, 0.25) is 0 Å². The van der Waals surface area contributed by atoms with Gasteiger partial charge in [-0.3, -0.25) is 0 Å². The van der Waals surface area contributed by atoms with E-state index in [1.54, 1.807) is 0 Å². The predicted octanol–water partition coefficient (Wildman–Crippen LogP) is 7.58. The minimum absolute atomic E-state index is 0.152. The predicted molar refractivity (Wildman–Crippen MR) is 115 cm³/mol. The summed E-state index contributed by atoms with van der Waals surface area (Å²) in [5.41, 5.74) is 3.68. The molecule has 27 heavy (non-hydrogen) atoms. The molecule has 0 bridgehead atoms. The average Bonchev–Trinajstić information content (AvgIpc) is 2.71. The largest absolute Gasteiger partial charge is 0.494 e. The van der Waals surface area contributed by atoms with Gasteiger partial charge in [0.25, 0.3) is 0 Å². The maximum Gasteiger partial charge on any atom is 0.119 e. The monoisotopic (exact) mass is 368 g/mol.